The van der Waals surface area contributed by atoms with Crippen LogP contribution in [0.2, 0.25) is 0 Å². The number of amides is 1. The second-order valence-corrected chi connectivity index (χ2v) is 5.48. The molecule has 0 radical (unpaired) electrons. The average molecular weight is 355 g/mol. The molecule has 0 aliphatic heterocycles. The Balaban J connectivity index is 2.14. The maximum absolute atomic E-state index is 11.9. The van der Waals surface area contributed by atoms with Crippen LogP contribution in [0.1, 0.15) is 27.0 Å². The number of nitrogens with one attached hydrogen (secondary N) is 1. The van der Waals surface area contributed by atoms with Gasteiger partial charge in [-0.2, -0.15) is 0 Å². The Bertz CT molecular complexity index is 629. The summed E-state index contributed by atoms with van der Waals surface area (Å²) in [6.07, 6.45) is 1.50. The summed E-state index contributed by atoms with van der Waals surface area (Å²) in [4.78, 5) is 27.8. The van der Waals surface area contributed by atoms with Gasteiger partial charge >= 0.3 is 5.97 Å². The van der Waals surface area contributed by atoms with Crippen molar-refractivity contribution in [2.45, 2.75) is 6.92 Å². The normalized spacial score (nSPS) is 10.1. The van der Waals surface area contributed by atoms with E-state index in [1.165, 1.54) is 17.5 Å². The number of hydrogen-bond donors (Lipinski definition) is 1. The zero-order valence-corrected chi connectivity index (χ0v) is 13.0. The molecular weight excluding hydrogens is 344 g/mol. The van der Waals surface area contributed by atoms with Crippen molar-refractivity contribution in [3.8, 4) is 0 Å². The van der Waals surface area contributed by atoms with Crippen molar-refractivity contribution in [1.82, 2.24) is 4.98 Å². The second-order valence-electron chi connectivity index (χ2n) is 3.73. The van der Waals surface area contributed by atoms with Crippen LogP contribution in [0.3, 0.4) is 0 Å². The number of benzene rings is 1. The maximum Gasteiger partial charge on any atom is 0.338 e. The van der Waals surface area contributed by atoms with Gasteiger partial charge in [0.25, 0.3) is 5.91 Å². The first-order valence-electron chi connectivity index (χ1n) is 5.78. The third kappa shape index (κ3) is 3.43. The summed E-state index contributed by atoms with van der Waals surface area (Å²) >= 11 is 4.58. The highest BCUT2D eigenvalue weighted by atomic mass is 79.9. The Morgan fingerprint density at radius 2 is 2.25 bits per heavy atom. The fourth-order valence-corrected chi connectivity index (χ4v) is 2.46. The molecule has 1 amide bonds. The average Bonchev–Trinajstić information content (AvgIpc) is 2.95. The monoisotopic (exact) mass is 354 g/mol. The number of carbonyl (C=O) groups is 2. The second kappa shape index (κ2) is 6.62. The van der Waals surface area contributed by atoms with Gasteiger partial charge in [0.1, 0.15) is 4.88 Å². The number of anilines is 1. The van der Waals surface area contributed by atoms with Gasteiger partial charge in [0.15, 0.2) is 0 Å². The molecule has 0 saturated heterocycles. The minimum absolute atomic E-state index is 0.239. The van der Waals surface area contributed by atoms with Gasteiger partial charge in [-0.15, -0.1) is 11.3 Å². The molecule has 0 saturated carbocycles. The number of rotatable bonds is 4. The van der Waals surface area contributed by atoms with Gasteiger partial charge in [0.2, 0.25) is 0 Å². The van der Waals surface area contributed by atoms with E-state index in [1.54, 1.807) is 30.6 Å². The van der Waals surface area contributed by atoms with Gasteiger partial charge < -0.3 is 10.1 Å². The Morgan fingerprint density at radius 3 is 2.85 bits per heavy atom. The molecule has 0 spiro atoms. The summed E-state index contributed by atoms with van der Waals surface area (Å²) in [5.74, 6) is -0.634. The van der Waals surface area contributed by atoms with E-state index in [-0.39, 0.29) is 5.91 Å². The van der Waals surface area contributed by atoms with Crippen molar-refractivity contribution in [2.24, 2.45) is 0 Å². The summed E-state index contributed by atoms with van der Waals surface area (Å²) in [6.45, 7) is 2.07. The van der Waals surface area contributed by atoms with Crippen LogP contribution in [0.25, 0.3) is 0 Å². The van der Waals surface area contributed by atoms with Crippen molar-refractivity contribution in [3.63, 3.8) is 0 Å². The summed E-state index contributed by atoms with van der Waals surface area (Å²) in [7, 11) is 0. The van der Waals surface area contributed by atoms with Crippen LogP contribution in [-0.4, -0.2) is 23.5 Å². The van der Waals surface area contributed by atoms with Crippen LogP contribution in [0.5, 0.6) is 0 Å². The smallest absolute Gasteiger partial charge is 0.338 e. The fourth-order valence-electron chi connectivity index (χ4n) is 1.47. The van der Waals surface area contributed by atoms with E-state index >= 15 is 0 Å². The van der Waals surface area contributed by atoms with Crippen LogP contribution >= 0.6 is 27.3 Å². The molecule has 0 atom stereocenters. The summed E-state index contributed by atoms with van der Waals surface area (Å²) in [6, 6.07) is 4.86. The van der Waals surface area contributed by atoms with Crippen LogP contribution in [0.15, 0.2) is 34.4 Å². The van der Waals surface area contributed by atoms with Crippen molar-refractivity contribution in [3.05, 3.63) is 44.8 Å². The Hall–Kier alpha value is -1.73. The molecule has 1 aromatic heterocycles. The topological polar surface area (TPSA) is 68.3 Å². The molecule has 0 aliphatic carbocycles. The van der Waals surface area contributed by atoms with Crippen molar-refractivity contribution >= 4 is 44.8 Å². The summed E-state index contributed by atoms with van der Waals surface area (Å²) < 4.78 is 5.52. The molecule has 0 bridgehead atoms. The number of ether oxygens (including phenoxy) is 1. The fraction of sp³-hybridized carbons (Fsp3) is 0.154. The van der Waals surface area contributed by atoms with E-state index in [0.717, 1.165) is 0 Å². The Labute approximate surface area is 128 Å². The third-order valence-electron chi connectivity index (χ3n) is 2.38. The molecule has 2 aromatic rings. The summed E-state index contributed by atoms with van der Waals surface area (Å²) in [5, 5.41) is 2.74. The first-order valence-corrected chi connectivity index (χ1v) is 7.45. The van der Waals surface area contributed by atoms with Crippen LogP contribution in [0, 0.1) is 0 Å². The van der Waals surface area contributed by atoms with E-state index < -0.39 is 5.97 Å². The zero-order chi connectivity index (χ0) is 14.5. The third-order valence-corrected chi connectivity index (χ3v) is 3.81. The van der Waals surface area contributed by atoms with E-state index in [4.69, 9.17) is 4.74 Å². The standard InChI is InChI=1S/C13H11BrN2O3S/c1-2-19-13(18)8-3-4-10(9(14)5-8)16-12(17)11-6-15-7-20-11/h3-7H,2H2,1H3,(H,16,17). The molecule has 1 aromatic carbocycles. The molecule has 0 unspecified atom stereocenters. The highest BCUT2D eigenvalue weighted by Gasteiger charge is 2.12. The molecule has 1 heterocycles. The lowest BCUT2D eigenvalue weighted by Crippen LogP contribution is -2.11. The van der Waals surface area contributed by atoms with Crippen LogP contribution in [-0.2, 0) is 4.74 Å². The lowest BCUT2D eigenvalue weighted by molar-refractivity contribution is 0.0526. The largest absolute Gasteiger partial charge is 0.462 e. The maximum atomic E-state index is 11.9. The minimum atomic E-state index is -0.395. The summed E-state index contributed by atoms with van der Waals surface area (Å²) in [5.41, 5.74) is 2.60. The van der Waals surface area contributed by atoms with Crippen LogP contribution in [0.4, 0.5) is 5.69 Å². The highest BCUT2D eigenvalue weighted by molar-refractivity contribution is 9.10. The van der Waals surface area contributed by atoms with Gasteiger partial charge in [0, 0.05) is 4.47 Å². The number of esters is 1. The molecule has 7 heteroatoms. The molecule has 0 aliphatic rings. The molecule has 2 rings (SSSR count). The predicted molar refractivity (Wildman–Crippen MR) is 80.2 cm³/mol. The van der Waals surface area contributed by atoms with Crippen LogP contribution < -0.4 is 5.32 Å². The van der Waals surface area contributed by atoms with E-state index in [2.05, 4.69) is 26.2 Å². The first kappa shape index (κ1) is 14.7. The van der Waals surface area contributed by atoms with Gasteiger partial charge in [0.05, 0.1) is 29.6 Å². The molecule has 0 fully saturated rings. The lowest BCUT2D eigenvalue weighted by Gasteiger charge is -2.08. The zero-order valence-electron chi connectivity index (χ0n) is 10.6. The predicted octanol–water partition coefficient (Wildman–Crippen LogP) is 3.33. The lowest BCUT2D eigenvalue weighted by atomic mass is 10.2. The van der Waals surface area contributed by atoms with E-state index in [0.29, 0.717) is 27.2 Å². The van der Waals surface area contributed by atoms with Gasteiger partial charge in [-0.05, 0) is 41.1 Å². The minimum Gasteiger partial charge on any atom is -0.462 e. The highest BCUT2D eigenvalue weighted by Crippen LogP contribution is 2.25. The number of aromatic nitrogens is 1. The van der Waals surface area contributed by atoms with E-state index in [1.807, 2.05) is 0 Å². The molecule has 20 heavy (non-hydrogen) atoms. The quantitative estimate of drug-likeness (QED) is 0.855. The van der Waals surface area contributed by atoms with E-state index in [9.17, 15) is 9.59 Å². The molecule has 5 nitrogen and oxygen atoms in total. The molecule has 104 valence electrons. The number of halogens is 1. The Kier molecular flexibility index (Phi) is 4.86. The van der Waals surface area contributed by atoms with Gasteiger partial charge in [-0.3, -0.25) is 9.78 Å². The first-order chi connectivity index (χ1) is 9.61. The number of nitrogens with zero attached hydrogens (tertiary/aromatic N) is 1. The van der Waals surface area contributed by atoms with Gasteiger partial charge in [-0.25, -0.2) is 4.79 Å². The number of hydrogen-bond acceptors (Lipinski definition) is 5. The van der Waals surface area contributed by atoms with Gasteiger partial charge in [-0.1, -0.05) is 0 Å². The molecular formula is C13H11BrN2O3S. The van der Waals surface area contributed by atoms with Crippen molar-refractivity contribution in [1.29, 1.82) is 0 Å². The number of thiazole rings is 1. The van der Waals surface area contributed by atoms with Crippen molar-refractivity contribution < 1.29 is 14.3 Å². The van der Waals surface area contributed by atoms with Crippen molar-refractivity contribution in [2.75, 3.05) is 11.9 Å². The Morgan fingerprint density at radius 1 is 1.45 bits per heavy atom. The number of carbonyl (C=O) groups excluding carboxylic acids is 2. The SMILES string of the molecule is CCOC(=O)c1ccc(NC(=O)c2cncs2)c(Br)c1. The molecule has 1 N–H and O–H groups in total.